The van der Waals surface area contributed by atoms with Gasteiger partial charge in [-0.3, -0.25) is 9.89 Å². The molecule has 1 fully saturated rings. The fourth-order valence-electron chi connectivity index (χ4n) is 3.05. The van der Waals surface area contributed by atoms with E-state index in [1.807, 2.05) is 30.3 Å². The number of rotatable bonds is 8. The van der Waals surface area contributed by atoms with Crippen molar-refractivity contribution < 1.29 is 9.47 Å². The number of ether oxygens (including phenoxy) is 2. The second-order valence-corrected chi connectivity index (χ2v) is 7.20. The Kier molecular flexibility index (Phi) is 10.6. The lowest BCUT2D eigenvalue weighted by Crippen LogP contribution is -2.46. The number of benzene rings is 1. The van der Waals surface area contributed by atoms with Gasteiger partial charge in [-0.15, -0.1) is 35.3 Å². The second kappa shape index (κ2) is 13.0. The monoisotopic (exact) mass is 516 g/mol. The molecule has 28 heavy (non-hydrogen) atoms. The lowest BCUT2D eigenvalue weighted by atomic mass is 10.2. The Morgan fingerprint density at radius 2 is 1.96 bits per heavy atom. The minimum atomic E-state index is 0. The molecule has 2 N–H and O–H groups in total. The molecule has 1 saturated heterocycles. The molecule has 0 spiro atoms. The van der Waals surface area contributed by atoms with Crippen molar-refractivity contribution in [2.75, 3.05) is 53.0 Å². The van der Waals surface area contributed by atoms with Crippen molar-refractivity contribution in [1.82, 2.24) is 15.5 Å². The molecule has 0 bridgehead atoms. The predicted molar refractivity (Wildman–Crippen MR) is 126 cm³/mol. The van der Waals surface area contributed by atoms with E-state index in [1.54, 1.807) is 18.4 Å². The molecule has 1 atom stereocenters. The first-order valence-corrected chi connectivity index (χ1v) is 10.2. The SMILES string of the molecule is CN=C(NCCOc1ccccc1)NCC(c1cccs1)N1CCOCC1.I. The van der Waals surface area contributed by atoms with Gasteiger partial charge >= 0.3 is 0 Å². The quantitative estimate of drug-likeness (QED) is 0.245. The summed E-state index contributed by atoms with van der Waals surface area (Å²) in [5.41, 5.74) is 0. The highest BCUT2D eigenvalue weighted by Crippen LogP contribution is 2.25. The lowest BCUT2D eigenvalue weighted by Gasteiger charge is -2.34. The summed E-state index contributed by atoms with van der Waals surface area (Å²) >= 11 is 1.80. The molecule has 1 aliphatic heterocycles. The molecule has 1 aliphatic rings. The third kappa shape index (κ3) is 7.23. The molecule has 2 aromatic rings. The minimum absolute atomic E-state index is 0. The van der Waals surface area contributed by atoms with Gasteiger partial charge in [-0.25, -0.2) is 0 Å². The number of nitrogens with zero attached hydrogens (tertiary/aromatic N) is 2. The largest absolute Gasteiger partial charge is 0.492 e. The van der Waals surface area contributed by atoms with E-state index < -0.39 is 0 Å². The van der Waals surface area contributed by atoms with Crippen molar-refractivity contribution in [2.45, 2.75) is 6.04 Å². The number of morpholine rings is 1. The van der Waals surface area contributed by atoms with Gasteiger partial charge in [-0.1, -0.05) is 24.3 Å². The fraction of sp³-hybridized carbons (Fsp3) is 0.450. The van der Waals surface area contributed by atoms with Crippen LogP contribution in [0.25, 0.3) is 0 Å². The van der Waals surface area contributed by atoms with E-state index in [4.69, 9.17) is 9.47 Å². The summed E-state index contributed by atoms with van der Waals surface area (Å²) in [6.07, 6.45) is 0. The molecule has 0 saturated carbocycles. The zero-order valence-electron chi connectivity index (χ0n) is 16.2. The summed E-state index contributed by atoms with van der Waals surface area (Å²) in [6.45, 7) is 5.60. The third-order valence-corrected chi connectivity index (χ3v) is 5.42. The first-order valence-electron chi connectivity index (χ1n) is 9.34. The van der Waals surface area contributed by atoms with E-state index in [-0.39, 0.29) is 24.0 Å². The Labute approximate surface area is 188 Å². The van der Waals surface area contributed by atoms with Gasteiger partial charge in [0.1, 0.15) is 12.4 Å². The summed E-state index contributed by atoms with van der Waals surface area (Å²) in [6, 6.07) is 14.5. The molecule has 1 aromatic heterocycles. The molecule has 1 aromatic carbocycles. The maximum Gasteiger partial charge on any atom is 0.191 e. The van der Waals surface area contributed by atoms with Crippen LogP contribution in [0.3, 0.4) is 0 Å². The first kappa shape index (κ1) is 22.9. The van der Waals surface area contributed by atoms with Crippen molar-refractivity contribution >= 4 is 41.3 Å². The zero-order chi connectivity index (χ0) is 18.7. The summed E-state index contributed by atoms with van der Waals surface area (Å²) in [5.74, 6) is 1.67. The molecule has 3 rings (SSSR count). The standard InChI is InChI=1S/C20H28N4O2S.HI/c1-21-20(22-9-12-26-17-6-3-2-4-7-17)23-16-18(19-8-5-15-27-19)24-10-13-25-14-11-24;/h2-8,15,18H,9-14,16H2,1H3,(H2,21,22,23);1H. The molecule has 0 radical (unpaired) electrons. The van der Waals surface area contributed by atoms with Crippen LogP contribution in [0, 0.1) is 0 Å². The smallest absolute Gasteiger partial charge is 0.191 e. The number of para-hydroxylation sites is 1. The van der Waals surface area contributed by atoms with Crippen molar-refractivity contribution in [3.8, 4) is 5.75 Å². The van der Waals surface area contributed by atoms with Gasteiger partial charge < -0.3 is 20.1 Å². The van der Waals surface area contributed by atoms with Crippen LogP contribution in [0.15, 0.2) is 52.8 Å². The van der Waals surface area contributed by atoms with Gasteiger partial charge in [0.15, 0.2) is 5.96 Å². The van der Waals surface area contributed by atoms with Gasteiger partial charge in [0.05, 0.1) is 25.8 Å². The average Bonchev–Trinajstić information content (AvgIpc) is 3.26. The van der Waals surface area contributed by atoms with E-state index in [9.17, 15) is 0 Å². The average molecular weight is 516 g/mol. The summed E-state index contributed by atoms with van der Waals surface area (Å²) in [5, 5.41) is 8.91. The van der Waals surface area contributed by atoms with E-state index in [0.717, 1.165) is 44.6 Å². The van der Waals surface area contributed by atoms with Crippen molar-refractivity contribution in [2.24, 2.45) is 4.99 Å². The molecule has 1 unspecified atom stereocenters. The number of thiophene rings is 1. The zero-order valence-corrected chi connectivity index (χ0v) is 19.3. The van der Waals surface area contributed by atoms with Crippen molar-refractivity contribution in [3.63, 3.8) is 0 Å². The maximum absolute atomic E-state index is 5.71. The van der Waals surface area contributed by atoms with Crippen LogP contribution in [-0.2, 0) is 4.74 Å². The Morgan fingerprint density at radius 1 is 1.18 bits per heavy atom. The molecule has 0 amide bonds. The first-order chi connectivity index (χ1) is 13.4. The van der Waals surface area contributed by atoms with Crippen LogP contribution in [0.5, 0.6) is 5.75 Å². The summed E-state index contributed by atoms with van der Waals surface area (Å²) in [7, 11) is 1.79. The molecule has 154 valence electrons. The van der Waals surface area contributed by atoms with Crippen LogP contribution >= 0.6 is 35.3 Å². The van der Waals surface area contributed by atoms with Crippen molar-refractivity contribution in [3.05, 3.63) is 52.7 Å². The van der Waals surface area contributed by atoms with Gasteiger partial charge in [0.25, 0.3) is 0 Å². The predicted octanol–water partition coefficient (Wildman–Crippen LogP) is 2.98. The van der Waals surface area contributed by atoms with Crippen LogP contribution in [0.4, 0.5) is 0 Å². The topological polar surface area (TPSA) is 58.1 Å². The van der Waals surface area contributed by atoms with E-state index in [0.29, 0.717) is 19.2 Å². The fourth-order valence-corrected chi connectivity index (χ4v) is 3.91. The number of aliphatic imine (C=N–C) groups is 1. The van der Waals surface area contributed by atoms with E-state index in [2.05, 4.69) is 38.0 Å². The van der Waals surface area contributed by atoms with Crippen LogP contribution in [-0.4, -0.2) is 63.9 Å². The number of hydrogen-bond donors (Lipinski definition) is 2. The number of halogens is 1. The minimum Gasteiger partial charge on any atom is -0.492 e. The lowest BCUT2D eigenvalue weighted by molar-refractivity contribution is 0.0177. The molecule has 6 nitrogen and oxygen atoms in total. The molecule has 2 heterocycles. The van der Waals surface area contributed by atoms with Gasteiger partial charge in [0, 0.05) is 31.6 Å². The highest BCUT2D eigenvalue weighted by atomic mass is 127. The normalized spacial score (nSPS) is 16.1. The Balaban J connectivity index is 0.00000280. The molecular formula is C20H29IN4O2S. The summed E-state index contributed by atoms with van der Waals surface area (Å²) in [4.78, 5) is 8.18. The van der Waals surface area contributed by atoms with Gasteiger partial charge in [-0.2, -0.15) is 0 Å². The summed E-state index contributed by atoms with van der Waals surface area (Å²) < 4.78 is 11.2. The van der Waals surface area contributed by atoms with Gasteiger partial charge in [-0.05, 0) is 23.6 Å². The van der Waals surface area contributed by atoms with Crippen LogP contribution in [0.1, 0.15) is 10.9 Å². The molecule has 8 heteroatoms. The highest BCUT2D eigenvalue weighted by Gasteiger charge is 2.23. The molecule has 0 aliphatic carbocycles. The third-order valence-electron chi connectivity index (χ3n) is 4.45. The van der Waals surface area contributed by atoms with E-state index >= 15 is 0 Å². The van der Waals surface area contributed by atoms with E-state index in [1.165, 1.54) is 4.88 Å². The number of hydrogen-bond acceptors (Lipinski definition) is 5. The van der Waals surface area contributed by atoms with Crippen molar-refractivity contribution in [1.29, 1.82) is 0 Å². The van der Waals surface area contributed by atoms with Crippen LogP contribution in [0.2, 0.25) is 0 Å². The Hall–Kier alpha value is -1.36. The van der Waals surface area contributed by atoms with Crippen LogP contribution < -0.4 is 15.4 Å². The Morgan fingerprint density at radius 3 is 2.64 bits per heavy atom. The maximum atomic E-state index is 5.71. The van der Waals surface area contributed by atoms with Gasteiger partial charge in [0.2, 0.25) is 0 Å². The number of guanidine groups is 1. The highest BCUT2D eigenvalue weighted by molar-refractivity contribution is 14.0. The Bertz CT molecular complexity index is 679. The second-order valence-electron chi connectivity index (χ2n) is 6.22. The molecular weight excluding hydrogens is 487 g/mol. The number of nitrogens with one attached hydrogen (secondary N) is 2.